The molecule has 76 valence electrons. The minimum atomic E-state index is -0.798. The van der Waals surface area contributed by atoms with Crippen molar-refractivity contribution in [1.82, 2.24) is 9.78 Å². The number of carbonyl (C=O) groups is 1. The molecule has 0 spiro atoms. The number of hydrogen-bond donors (Lipinski definition) is 1. The lowest BCUT2D eigenvalue weighted by molar-refractivity contribution is -0.136. The predicted molar refractivity (Wildman–Crippen MR) is 51.2 cm³/mol. The number of aliphatic carboxylic acids is 1. The van der Waals surface area contributed by atoms with Crippen molar-refractivity contribution >= 4 is 5.97 Å². The molecule has 1 fully saturated rings. The summed E-state index contributed by atoms with van der Waals surface area (Å²) in [5.74, 6) is -0.224. The second-order valence-corrected chi connectivity index (χ2v) is 3.73. The third-order valence-electron chi connectivity index (χ3n) is 2.53. The van der Waals surface area contributed by atoms with Crippen LogP contribution in [0.5, 0.6) is 0 Å². The molecule has 0 atom stereocenters. The molecule has 0 bridgehead atoms. The van der Waals surface area contributed by atoms with Gasteiger partial charge >= 0.3 is 5.97 Å². The smallest absolute Gasteiger partial charge is 0.309 e. The van der Waals surface area contributed by atoms with Gasteiger partial charge in [-0.3, -0.25) is 9.48 Å². The molecule has 1 aromatic rings. The van der Waals surface area contributed by atoms with E-state index < -0.39 is 5.97 Å². The van der Waals surface area contributed by atoms with E-state index in [1.165, 1.54) is 12.8 Å². The molecular formula is C10H14N2O2. The van der Waals surface area contributed by atoms with Gasteiger partial charge in [0.15, 0.2) is 0 Å². The Labute approximate surface area is 82.5 Å². The van der Waals surface area contributed by atoms with Crippen molar-refractivity contribution in [3.8, 4) is 0 Å². The summed E-state index contributed by atoms with van der Waals surface area (Å²) < 4.78 is 1.83. The van der Waals surface area contributed by atoms with Crippen molar-refractivity contribution in [1.29, 1.82) is 0 Å². The number of carboxylic acid groups (broad SMARTS) is 1. The monoisotopic (exact) mass is 194 g/mol. The number of hydrogen-bond acceptors (Lipinski definition) is 2. The van der Waals surface area contributed by atoms with Crippen molar-refractivity contribution in [2.45, 2.75) is 38.6 Å². The number of rotatable bonds is 4. The fourth-order valence-electron chi connectivity index (χ4n) is 1.65. The van der Waals surface area contributed by atoms with Crippen molar-refractivity contribution in [3.63, 3.8) is 0 Å². The lowest BCUT2D eigenvalue weighted by Gasteiger charge is -1.94. The number of aryl methyl sites for hydroxylation is 1. The standard InChI is InChI=1S/C10H14N2O2/c1-2-12-6-8(7-3-4-7)9(11-12)5-10(13)14/h6-7H,2-5H2,1H3,(H,13,14). The summed E-state index contributed by atoms with van der Waals surface area (Å²) in [5, 5.41) is 13.0. The first-order valence-electron chi connectivity index (χ1n) is 4.98. The van der Waals surface area contributed by atoms with Gasteiger partial charge in [-0.1, -0.05) is 0 Å². The Morgan fingerprint density at radius 1 is 1.71 bits per heavy atom. The fraction of sp³-hybridized carbons (Fsp3) is 0.600. The Balaban J connectivity index is 2.25. The van der Waals surface area contributed by atoms with Gasteiger partial charge in [-0.05, 0) is 31.2 Å². The van der Waals surface area contributed by atoms with Gasteiger partial charge in [0.25, 0.3) is 0 Å². The van der Waals surface area contributed by atoms with Crippen LogP contribution in [-0.2, 0) is 17.8 Å². The van der Waals surface area contributed by atoms with Crippen LogP contribution in [0.2, 0.25) is 0 Å². The molecular weight excluding hydrogens is 180 g/mol. The first kappa shape index (κ1) is 9.24. The zero-order valence-corrected chi connectivity index (χ0v) is 8.23. The number of aromatic nitrogens is 2. The molecule has 0 radical (unpaired) electrons. The lowest BCUT2D eigenvalue weighted by Crippen LogP contribution is -2.03. The van der Waals surface area contributed by atoms with Gasteiger partial charge in [0.1, 0.15) is 0 Å². The van der Waals surface area contributed by atoms with Crippen LogP contribution < -0.4 is 0 Å². The van der Waals surface area contributed by atoms with E-state index in [1.807, 2.05) is 17.8 Å². The summed E-state index contributed by atoms with van der Waals surface area (Å²) in [5.41, 5.74) is 1.90. The van der Waals surface area contributed by atoms with E-state index in [0.717, 1.165) is 17.8 Å². The van der Waals surface area contributed by atoms with Gasteiger partial charge < -0.3 is 5.11 Å². The fourth-order valence-corrected chi connectivity index (χ4v) is 1.65. The van der Waals surface area contributed by atoms with Gasteiger partial charge in [-0.2, -0.15) is 5.10 Å². The van der Waals surface area contributed by atoms with E-state index in [0.29, 0.717) is 5.92 Å². The largest absolute Gasteiger partial charge is 0.481 e. The lowest BCUT2D eigenvalue weighted by atomic mass is 10.1. The molecule has 1 aromatic heterocycles. The zero-order valence-electron chi connectivity index (χ0n) is 8.23. The highest BCUT2D eigenvalue weighted by Gasteiger charge is 2.28. The molecule has 14 heavy (non-hydrogen) atoms. The van der Waals surface area contributed by atoms with E-state index in [4.69, 9.17) is 5.11 Å². The Kier molecular flexibility index (Phi) is 2.27. The van der Waals surface area contributed by atoms with Crippen LogP contribution in [-0.4, -0.2) is 20.9 Å². The van der Waals surface area contributed by atoms with Gasteiger partial charge in [-0.15, -0.1) is 0 Å². The average Bonchev–Trinajstić information content (AvgIpc) is 2.88. The summed E-state index contributed by atoms with van der Waals surface area (Å²) >= 11 is 0. The van der Waals surface area contributed by atoms with E-state index in [1.54, 1.807) is 0 Å². The Hall–Kier alpha value is -1.32. The Morgan fingerprint density at radius 3 is 2.93 bits per heavy atom. The first-order valence-corrected chi connectivity index (χ1v) is 4.98. The van der Waals surface area contributed by atoms with Crippen LogP contribution in [0.4, 0.5) is 0 Å². The molecule has 1 aliphatic rings. The second kappa shape index (κ2) is 3.44. The molecule has 1 heterocycles. The molecule has 0 aliphatic heterocycles. The first-order chi connectivity index (χ1) is 6.70. The van der Waals surface area contributed by atoms with Crippen molar-refractivity contribution in [2.75, 3.05) is 0 Å². The van der Waals surface area contributed by atoms with E-state index in [-0.39, 0.29) is 6.42 Å². The number of nitrogens with zero attached hydrogens (tertiary/aromatic N) is 2. The summed E-state index contributed by atoms with van der Waals surface area (Å²) in [7, 11) is 0. The van der Waals surface area contributed by atoms with Crippen molar-refractivity contribution in [2.24, 2.45) is 0 Å². The Bertz CT molecular complexity index is 353. The zero-order chi connectivity index (χ0) is 10.1. The summed E-state index contributed by atoms with van der Waals surface area (Å²) in [4.78, 5) is 10.6. The van der Waals surface area contributed by atoms with Crippen molar-refractivity contribution < 1.29 is 9.90 Å². The minimum absolute atomic E-state index is 0.0544. The molecule has 0 amide bonds. The molecule has 1 N–H and O–H groups in total. The predicted octanol–water partition coefficient (Wildman–Crippen LogP) is 1.41. The Morgan fingerprint density at radius 2 is 2.43 bits per heavy atom. The van der Waals surface area contributed by atoms with Crippen molar-refractivity contribution in [3.05, 3.63) is 17.5 Å². The molecule has 1 aliphatic carbocycles. The van der Waals surface area contributed by atoms with E-state index in [2.05, 4.69) is 5.10 Å². The van der Waals surface area contributed by atoms with Gasteiger partial charge in [0, 0.05) is 12.7 Å². The summed E-state index contributed by atoms with van der Waals surface area (Å²) in [6.07, 6.45) is 4.42. The third kappa shape index (κ3) is 1.78. The molecule has 1 saturated carbocycles. The quantitative estimate of drug-likeness (QED) is 0.788. The molecule has 4 heteroatoms. The summed E-state index contributed by atoms with van der Waals surface area (Å²) in [6.45, 7) is 2.81. The van der Waals surface area contributed by atoms with Crippen LogP contribution >= 0.6 is 0 Å². The summed E-state index contributed by atoms with van der Waals surface area (Å²) in [6, 6.07) is 0. The molecule has 2 rings (SSSR count). The highest BCUT2D eigenvalue weighted by atomic mass is 16.4. The maximum Gasteiger partial charge on any atom is 0.309 e. The van der Waals surface area contributed by atoms with Crippen LogP contribution in [0, 0.1) is 0 Å². The van der Waals surface area contributed by atoms with Gasteiger partial charge in [0.2, 0.25) is 0 Å². The van der Waals surface area contributed by atoms with E-state index >= 15 is 0 Å². The highest BCUT2D eigenvalue weighted by molar-refractivity contribution is 5.70. The SMILES string of the molecule is CCn1cc(C2CC2)c(CC(=O)O)n1. The average molecular weight is 194 g/mol. The molecule has 0 aromatic carbocycles. The molecule has 0 saturated heterocycles. The highest BCUT2D eigenvalue weighted by Crippen LogP contribution is 2.41. The maximum absolute atomic E-state index is 10.6. The second-order valence-electron chi connectivity index (χ2n) is 3.73. The topological polar surface area (TPSA) is 55.1 Å². The van der Waals surface area contributed by atoms with Gasteiger partial charge in [-0.25, -0.2) is 0 Å². The van der Waals surface area contributed by atoms with Crippen LogP contribution in [0.25, 0.3) is 0 Å². The van der Waals surface area contributed by atoms with Gasteiger partial charge in [0.05, 0.1) is 12.1 Å². The normalized spacial score (nSPS) is 15.8. The van der Waals surface area contributed by atoms with E-state index in [9.17, 15) is 4.79 Å². The van der Waals surface area contributed by atoms with Crippen LogP contribution in [0.1, 0.15) is 36.9 Å². The number of carboxylic acids is 1. The third-order valence-corrected chi connectivity index (χ3v) is 2.53. The minimum Gasteiger partial charge on any atom is -0.481 e. The van der Waals surface area contributed by atoms with Crippen LogP contribution in [0.15, 0.2) is 6.20 Å². The maximum atomic E-state index is 10.6. The van der Waals surface area contributed by atoms with Crippen LogP contribution in [0.3, 0.4) is 0 Å². The molecule has 4 nitrogen and oxygen atoms in total. The molecule has 0 unspecified atom stereocenters.